The summed E-state index contributed by atoms with van der Waals surface area (Å²) in [6.07, 6.45) is 9.19. The molecule has 1 amide bonds. The van der Waals surface area contributed by atoms with Crippen LogP contribution in [0.4, 0.5) is 5.82 Å². The molecule has 0 aliphatic carbocycles. The SMILES string of the molecule is CCCCCCCN1C(=O)/C(=C/c2c(C)c(C#N)c(=O)n(CCC)c2N2CCC(C(=O)OCC)CC2)SC1=S. The third kappa shape index (κ3) is 7.12. The van der Waals surface area contributed by atoms with Gasteiger partial charge in [0.1, 0.15) is 21.8 Å². The molecule has 1 aromatic rings. The first-order chi connectivity index (χ1) is 18.8. The number of anilines is 1. The van der Waals surface area contributed by atoms with Crippen LogP contribution in [0, 0.1) is 24.2 Å². The zero-order valence-corrected chi connectivity index (χ0v) is 25.2. The largest absolute Gasteiger partial charge is 0.466 e. The Balaban J connectivity index is 1.99. The Bertz CT molecular complexity index is 1210. The van der Waals surface area contributed by atoms with Gasteiger partial charge in [-0.1, -0.05) is 63.5 Å². The van der Waals surface area contributed by atoms with E-state index in [4.69, 9.17) is 17.0 Å². The smallest absolute Gasteiger partial charge is 0.309 e. The lowest BCUT2D eigenvalue weighted by Gasteiger charge is -2.35. The highest BCUT2D eigenvalue weighted by molar-refractivity contribution is 8.26. The first-order valence-electron chi connectivity index (χ1n) is 14.1. The van der Waals surface area contributed by atoms with Gasteiger partial charge in [0.05, 0.1) is 17.4 Å². The summed E-state index contributed by atoms with van der Waals surface area (Å²) in [5, 5.41) is 9.87. The van der Waals surface area contributed by atoms with Gasteiger partial charge >= 0.3 is 5.97 Å². The van der Waals surface area contributed by atoms with Gasteiger partial charge in [-0.05, 0) is 51.2 Å². The number of aromatic nitrogens is 1. The van der Waals surface area contributed by atoms with Crippen LogP contribution in [0.3, 0.4) is 0 Å². The molecule has 2 fully saturated rings. The standard InChI is InChI=1S/C29H40N4O4S2/c1-5-8-9-10-11-15-33-27(35)24(39-29(33)38)18-22-20(4)23(19-30)26(34)32(14-6-2)25(22)31-16-12-21(13-17-31)28(36)37-7-3/h18,21H,5-17H2,1-4H3/b24-18-. The number of amides is 1. The second-order valence-corrected chi connectivity index (χ2v) is 11.7. The number of thiocarbonyl (C=S) groups is 1. The zero-order valence-electron chi connectivity index (χ0n) is 23.6. The van der Waals surface area contributed by atoms with Gasteiger partial charge in [0, 0.05) is 31.7 Å². The molecule has 3 rings (SSSR count). The molecular formula is C29H40N4O4S2. The third-order valence-corrected chi connectivity index (χ3v) is 8.72. The minimum absolute atomic E-state index is 0.0891. The number of carbonyl (C=O) groups excluding carboxylic acids is 2. The molecule has 0 aromatic carbocycles. The van der Waals surface area contributed by atoms with Crippen molar-refractivity contribution in [1.82, 2.24) is 9.47 Å². The van der Waals surface area contributed by atoms with E-state index in [-0.39, 0.29) is 28.9 Å². The van der Waals surface area contributed by atoms with Crippen LogP contribution in [0.15, 0.2) is 9.70 Å². The van der Waals surface area contributed by atoms with Crippen LogP contribution in [-0.4, -0.2) is 51.9 Å². The van der Waals surface area contributed by atoms with Gasteiger partial charge in [-0.15, -0.1) is 0 Å². The van der Waals surface area contributed by atoms with E-state index >= 15 is 0 Å². The van der Waals surface area contributed by atoms with E-state index in [9.17, 15) is 19.6 Å². The first-order valence-corrected chi connectivity index (χ1v) is 15.4. The average molecular weight is 573 g/mol. The van der Waals surface area contributed by atoms with Crippen molar-refractivity contribution >= 4 is 52.1 Å². The molecule has 0 atom stereocenters. The zero-order chi connectivity index (χ0) is 28.5. The predicted molar refractivity (Wildman–Crippen MR) is 161 cm³/mol. The molecule has 2 aliphatic heterocycles. The first kappa shape index (κ1) is 30.9. The van der Waals surface area contributed by atoms with Gasteiger partial charge in [0.2, 0.25) is 0 Å². The molecular weight excluding hydrogens is 532 g/mol. The summed E-state index contributed by atoms with van der Waals surface area (Å²) < 4.78 is 7.43. The van der Waals surface area contributed by atoms with Crippen LogP contribution in [0.5, 0.6) is 0 Å². The van der Waals surface area contributed by atoms with E-state index in [1.54, 1.807) is 23.3 Å². The van der Waals surface area contributed by atoms with Crippen molar-refractivity contribution in [2.24, 2.45) is 5.92 Å². The molecule has 0 unspecified atom stereocenters. The highest BCUT2D eigenvalue weighted by Crippen LogP contribution is 2.37. The summed E-state index contributed by atoms with van der Waals surface area (Å²) in [6, 6.07) is 2.10. The van der Waals surface area contributed by atoms with Crippen LogP contribution >= 0.6 is 24.0 Å². The summed E-state index contributed by atoms with van der Waals surface area (Å²) in [6.45, 7) is 10.3. The minimum Gasteiger partial charge on any atom is -0.466 e. The number of rotatable bonds is 12. The molecule has 212 valence electrons. The van der Waals surface area contributed by atoms with Crippen molar-refractivity contribution in [3.05, 3.63) is 31.9 Å². The van der Waals surface area contributed by atoms with Crippen LogP contribution in [0.2, 0.25) is 0 Å². The summed E-state index contributed by atoms with van der Waals surface area (Å²) in [5.41, 5.74) is 1.02. The molecule has 1 aromatic heterocycles. The molecule has 0 bridgehead atoms. The number of nitriles is 1. The number of piperidine rings is 1. The molecule has 3 heterocycles. The van der Waals surface area contributed by atoms with Crippen LogP contribution < -0.4 is 10.5 Å². The van der Waals surface area contributed by atoms with E-state index in [1.807, 2.05) is 13.0 Å². The fourth-order valence-electron chi connectivity index (χ4n) is 5.20. The number of pyridine rings is 1. The Morgan fingerprint density at radius 3 is 2.41 bits per heavy atom. The minimum atomic E-state index is -0.323. The highest BCUT2D eigenvalue weighted by Gasteiger charge is 2.34. The average Bonchev–Trinajstić information content (AvgIpc) is 3.19. The summed E-state index contributed by atoms with van der Waals surface area (Å²) in [7, 11) is 0. The maximum Gasteiger partial charge on any atom is 0.309 e. The van der Waals surface area contributed by atoms with Crippen molar-refractivity contribution in [3.8, 4) is 6.07 Å². The molecule has 0 radical (unpaired) electrons. The van der Waals surface area contributed by atoms with Crippen molar-refractivity contribution in [3.63, 3.8) is 0 Å². The topological polar surface area (TPSA) is 95.6 Å². The van der Waals surface area contributed by atoms with Crippen molar-refractivity contribution in [2.75, 3.05) is 31.1 Å². The van der Waals surface area contributed by atoms with E-state index in [0.29, 0.717) is 78.2 Å². The monoisotopic (exact) mass is 572 g/mol. The van der Waals surface area contributed by atoms with Gasteiger partial charge in [0.25, 0.3) is 11.5 Å². The van der Waals surface area contributed by atoms with Gasteiger partial charge in [-0.25, -0.2) is 0 Å². The number of carbonyl (C=O) groups is 2. The third-order valence-electron chi connectivity index (χ3n) is 7.34. The van der Waals surface area contributed by atoms with Crippen LogP contribution in [-0.2, 0) is 20.9 Å². The van der Waals surface area contributed by atoms with E-state index in [0.717, 1.165) is 25.7 Å². The Hall–Kier alpha value is -2.64. The fraction of sp³-hybridized carbons (Fsp3) is 0.621. The molecule has 0 spiro atoms. The Morgan fingerprint density at radius 1 is 1.10 bits per heavy atom. The second-order valence-electron chi connectivity index (χ2n) is 10.1. The Kier molecular flexibility index (Phi) is 11.6. The Morgan fingerprint density at radius 2 is 1.79 bits per heavy atom. The molecule has 2 aliphatic rings. The maximum atomic E-state index is 13.4. The lowest BCUT2D eigenvalue weighted by atomic mass is 9.95. The van der Waals surface area contributed by atoms with E-state index in [1.165, 1.54) is 18.2 Å². The lowest BCUT2D eigenvalue weighted by molar-refractivity contribution is -0.148. The number of hydrogen-bond acceptors (Lipinski definition) is 8. The molecule has 0 N–H and O–H groups in total. The van der Waals surface area contributed by atoms with Crippen molar-refractivity contribution in [1.29, 1.82) is 5.26 Å². The van der Waals surface area contributed by atoms with Crippen molar-refractivity contribution < 1.29 is 14.3 Å². The predicted octanol–water partition coefficient (Wildman–Crippen LogP) is 5.39. The number of thioether (sulfide) groups is 1. The normalized spacial score (nSPS) is 17.3. The summed E-state index contributed by atoms with van der Waals surface area (Å²) >= 11 is 6.84. The number of unbranched alkanes of at least 4 members (excludes halogenated alkanes) is 4. The van der Waals surface area contributed by atoms with Crippen LogP contribution in [0.25, 0.3) is 6.08 Å². The molecule has 8 nitrogen and oxygen atoms in total. The number of hydrogen-bond donors (Lipinski definition) is 0. The number of nitrogens with zero attached hydrogens (tertiary/aromatic N) is 4. The highest BCUT2D eigenvalue weighted by atomic mass is 32.2. The quantitative estimate of drug-likeness (QED) is 0.142. The summed E-state index contributed by atoms with van der Waals surface area (Å²) in [4.78, 5) is 43.4. The fourth-order valence-corrected chi connectivity index (χ4v) is 6.49. The van der Waals surface area contributed by atoms with Gasteiger partial charge in [-0.2, -0.15) is 5.26 Å². The van der Waals surface area contributed by atoms with Gasteiger partial charge < -0.3 is 9.64 Å². The van der Waals surface area contributed by atoms with Gasteiger partial charge in [0.15, 0.2) is 0 Å². The molecule has 39 heavy (non-hydrogen) atoms. The van der Waals surface area contributed by atoms with Crippen LogP contribution in [0.1, 0.15) is 88.8 Å². The second kappa shape index (κ2) is 14.7. The van der Waals surface area contributed by atoms with E-state index < -0.39 is 0 Å². The lowest BCUT2D eigenvalue weighted by Crippen LogP contribution is -2.41. The maximum absolute atomic E-state index is 13.4. The van der Waals surface area contributed by atoms with Crippen molar-refractivity contribution in [2.45, 2.75) is 85.6 Å². The number of esters is 1. The van der Waals surface area contributed by atoms with E-state index in [2.05, 4.69) is 17.9 Å². The van der Waals surface area contributed by atoms with Gasteiger partial charge in [-0.3, -0.25) is 23.9 Å². The molecule has 10 heteroatoms. The summed E-state index contributed by atoms with van der Waals surface area (Å²) in [5.74, 6) is 0.214. The molecule has 0 saturated carbocycles. The number of ether oxygens (including phenoxy) is 1. The Labute approximate surface area is 241 Å². The molecule has 2 saturated heterocycles.